The number of hydrogen-bond acceptors (Lipinski definition) is 7. The molecule has 0 aliphatic carbocycles. The standard InChI is InChI=1S/C25H22BrN3O3S3/c1-15-17-14-16(6-7-21(17)34-22(15)25(31)32)35-27-19-4-2-3-5-20(19)28-9-11-29(12-10-28)24(30)23-18(26)8-13-33-23/h2-8,13-14,27H,9-12H2,1H3,(H,31,32). The van der Waals surface area contributed by atoms with Crippen LogP contribution in [0.4, 0.5) is 11.4 Å². The maximum Gasteiger partial charge on any atom is 0.346 e. The lowest BCUT2D eigenvalue weighted by atomic mass is 10.1. The molecule has 1 saturated heterocycles. The largest absolute Gasteiger partial charge is 0.477 e. The molecule has 0 atom stereocenters. The third-order valence-corrected chi connectivity index (χ3v) is 9.90. The number of anilines is 2. The fraction of sp³-hybridized carbons (Fsp3) is 0.200. The summed E-state index contributed by atoms with van der Waals surface area (Å²) in [6.07, 6.45) is 0. The Morgan fingerprint density at radius 3 is 2.54 bits per heavy atom. The van der Waals surface area contributed by atoms with Crippen LogP contribution in [0.15, 0.2) is 63.3 Å². The number of fused-ring (bicyclic) bond motifs is 1. The van der Waals surface area contributed by atoms with Gasteiger partial charge < -0.3 is 19.6 Å². The van der Waals surface area contributed by atoms with Gasteiger partial charge in [-0.3, -0.25) is 4.79 Å². The van der Waals surface area contributed by atoms with Crippen LogP contribution in [0.1, 0.15) is 24.9 Å². The number of amides is 1. The first-order valence-corrected chi connectivity index (χ1v) is 14.3. The van der Waals surface area contributed by atoms with E-state index >= 15 is 0 Å². The number of carboxylic acids is 1. The zero-order chi connectivity index (χ0) is 24.5. The van der Waals surface area contributed by atoms with Crippen LogP contribution in [0.5, 0.6) is 0 Å². The topological polar surface area (TPSA) is 72.9 Å². The average molecular weight is 589 g/mol. The van der Waals surface area contributed by atoms with E-state index in [-0.39, 0.29) is 5.91 Å². The normalized spacial score (nSPS) is 13.9. The first-order chi connectivity index (χ1) is 16.9. The van der Waals surface area contributed by atoms with Gasteiger partial charge in [-0.25, -0.2) is 4.79 Å². The Kier molecular flexibility index (Phi) is 7.06. The number of carboxylic acid groups (broad SMARTS) is 1. The van der Waals surface area contributed by atoms with Crippen molar-refractivity contribution in [2.24, 2.45) is 0 Å². The Labute approximate surface area is 223 Å². The van der Waals surface area contributed by atoms with E-state index in [2.05, 4.69) is 37.7 Å². The average Bonchev–Trinajstić information content (AvgIpc) is 3.45. The number of piperazine rings is 1. The molecule has 0 saturated carbocycles. The van der Waals surface area contributed by atoms with Crippen LogP contribution in [0.3, 0.4) is 0 Å². The number of hydrogen-bond donors (Lipinski definition) is 2. The van der Waals surface area contributed by atoms with Crippen LogP contribution >= 0.6 is 50.6 Å². The number of benzene rings is 2. The highest BCUT2D eigenvalue weighted by Crippen LogP contribution is 2.36. The second-order valence-electron chi connectivity index (χ2n) is 8.12. The molecule has 4 aromatic rings. The summed E-state index contributed by atoms with van der Waals surface area (Å²) in [6.45, 7) is 4.72. The smallest absolute Gasteiger partial charge is 0.346 e. The van der Waals surface area contributed by atoms with E-state index in [0.29, 0.717) is 18.0 Å². The fourth-order valence-electron chi connectivity index (χ4n) is 4.16. The molecule has 180 valence electrons. The molecule has 3 heterocycles. The number of carbonyl (C=O) groups excluding carboxylic acids is 1. The third kappa shape index (κ3) is 4.93. The number of aryl methyl sites for hydroxylation is 1. The van der Waals surface area contributed by atoms with Crippen molar-refractivity contribution in [1.82, 2.24) is 4.90 Å². The summed E-state index contributed by atoms with van der Waals surface area (Å²) in [5.74, 6) is -0.798. The molecule has 6 nitrogen and oxygen atoms in total. The van der Waals surface area contributed by atoms with E-state index in [1.54, 1.807) is 0 Å². The number of thiophene rings is 2. The van der Waals surface area contributed by atoms with Crippen LogP contribution in [-0.4, -0.2) is 48.1 Å². The molecular weight excluding hydrogens is 566 g/mol. The van der Waals surface area contributed by atoms with Crippen molar-refractivity contribution in [2.75, 3.05) is 35.8 Å². The van der Waals surface area contributed by atoms with Gasteiger partial charge in [0.15, 0.2) is 0 Å². The van der Waals surface area contributed by atoms with Gasteiger partial charge in [-0.15, -0.1) is 22.7 Å². The maximum absolute atomic E-state index is 12.8. The van der Waals surface area contributed by atoms with Crippen LogP contribution in [0, 0.1) is 6.92 Å². The minimum Gasteiger partial charge on any atom is -0.477 e. The summed E-state index contributed by atoms with van der Waals surface area (Å²) in [7, 11) is 0. The number of nitrogens with zero attached hydrogens (tertiary/aromatic N) is 2. The summed E-state index contributed by atoms with van der Waals surface area (Å²) < 4.78 is 5.32. The van der Waals surface area contributed by atoms with Gasteiger partial charge in [-0.1, -0.05) is 12.1 Å². The molecular formula is C25H22BrN3O3S3. The Balaban J connectivity index is 1.27. The van der Waals surface area contributed by atoms with Crippen molar-refractivity contribution in [3.63, 3.8) is 0 Å². The van der Waals surface area contributed by atoms with Crippen LogP contribution in [0.25, 0.3) is 10.1 Å². The van der Waals surface area contributed by atoms with Crippen molar-refractivity contribution < 1.29 is 14.7 Å². The van der Waals surface area contributed by atoms with Crippen molar-refractivity contribution in [2.45, 2.75) is 11.8 Å². The van der Waals surface area contributed by atoms with Gasteiger partial charge in [-0.05, 0) is 87.5 Å². The molecule has 10 heteroatoms. The number of halogens is 1. The highest BCUT2D eigenvalue weighted by atomic mass is 79.9. The van der Waals surface area contributed by atoms with Gasteiger partial charge >= 0.3 is 5.97 Å². The molecule has 0 unspecified atom stereocenters. The van der Waals surface area contributed by atoms with E-state index in [1.165, 1.54) is 34.6 Å². The molecule has 35 heavy (non-hydrogen) atoms. The van der Waals surface area contributed by atoms with Gasteiger partial charge in [0.1, 0.15) is 9.75 Å². The highest BCUT2D eigenvalue weighted by Gasteiger charge is 2.25. The Morgan fingerprint density at radius 2 is 1.83 bits per heavy atom. The minimum atomic E-state index is -0.880. The van der Waals surface area contributed by atoms with Crippen molar-refractivity contribution in [3.8, 4) is 0 Å². The second-order valence-corrected chi connectivity index (χ2v) is 11.8. The fourth-order valence-corrected chi connectivity index (χ4v) is 7.41. The second kappa shape index (κ2) is 10.2. The van der Waals surface area contributed by atoms with Crippen LogP contribution < -0.4 is 9.62 Å². The lowest BCUT2D eigenvalue weighted by Crippen LogP contribution is -2.48. The van der Waals surface area contributed by atoms with Gasteiger partial charge in [0.05, 0.1) is 11.4 Å². The van der Waals surface area contributed by atoms with Gasteiger partial charge in [0, 0.05) is 40.2 Å². The van der Waals surface area contributed by atoms with Crippen LogP contribution in [-0.2, 0) is 0 Å². The maximum atomic E-state index is 12.8. The first kappa shape index (κ1) is 24.2. The van der Waals surface area contributed by atoms with Crippen molar-refractivity contribution in [1.29, 1.82) is 0 Å². The molecule has 1 amide bonds. The van der Waals surface area contributed by atoms with Crippen molar-refractivity contribution >= 4 is 83.9 Å². The number of nitrogens with one attached hydrogen (secondary N) is 1. The minimum absolute atomic E-state index is 0.0821. The Morgan fingerprint density at radius 1 is 1.06 bits per heavy atom. The van der Waals surface area contributed by atoms with E-state index in [1.807, 2.05) is 53.6 Å². The SMILES string of the molecule is Cc1c(C(=O)O)sc2ccc(SNc3ccccc3N3CCN(C(=O)c4sccc4Br)CC3)cc12. The number of para-hydroxylation sites is 2. The van der Waals surface area contributed by atoms with Gasteiger partial charge in [-0.2, -0.15) is 0 Å². The van der Waals surface area contributed by atoms with E-state index in [0.717, 1.165) is 54.4 Å². The molecule has 1 fully saturated rings. The molecule has 2 aromatic heterocycles. The summed E-state index contributed by atoms with van der Waals surface area (Å²) in [4.78, 5) is 30.7. The molecule has 1 aliphatic rings. The lowest BCUT2D eigenvalue weighted by Gasteiger charge is -2.36. The Bertz CT molecular complexity index is 1410. The zero-order valence-corrected chi connectivity index (χ0v) is 22.8. The first-order valence-electron chi connectivity index (χ1n) is 11.0. The quantitative estimate of drug-likeness (QED) is 0.241. The number of aromatic carboxylic acids is 1. The summed E-state index contributed by atoms with van der Waals surface area (Å²) >= 11 is 7.76. The van der Waals surface area contributed by atoms with E-state index in [4.69, 9.17) is 0 Å². The summed E-state index contributed by atoms with van der Waals surface area (Å²) in [5.41, 5.74) is 2.92. The van der Waals surface area contributed by atoms with Crippen LogP contribution in [0.2, 0.25) is 0 Å². The number of rotatable bonds is 6. The third-order valence-electron chi connectivity index (χ3n) is 6.00. The van der Waals surface area contributed by atoms with E-state index < -0.39 is 5.97 Å². The molecule has 2 N–H and O–H groups in total. The summed E-state index contributed by atoms with van der Waals surface area (Å²) in [6, 6.07) is 16.1. The van der Waals surface area contributed by atoms with Gasteiger partial charge in [0.2, 0.25) is 0 Å². The predicted molar refractivity (Wildman–Crippen MR) is 150 cm³/mol. The van der Waals surface area contributed by atoms with E-state index in [9.17, 15) is 14.7 Å². The van der Waals surface area contributed by atoms with Crippen molar-refractivity contribution in [3.05, 3.63) is 73.7 Å². The zero-order valence-electron chi connectivity index (χ0n) is 18.8. The van der Waals surface area contributed by atoms with Gasteiger partial charge in [0.25, 0.3) is 5.91 Å². The lowest BCUT2D eigenvalue weighted by molar-refractivity contribution is 0.0700. The number of carbonyl (C=O) groups is 2. The molecule has 0 radical (unpaired) electrons. The molecule has 1 aliphatic heterocycles. The molecule has 5 rings (SSSR count). The predicted octanol–water partition coefficient (Wildman–Crippen LogP) is 6.81. The molecule has 0 spiro atoms. The monoisotopic (exact) mass is 587 g/mol. The Hall–Kier alpha value is -2.53. The molecule has 0 bridgehead atoms. The summed E-state index contributed by atoms with van der Waals surface area (Å²) in [5, 5.41) is 12.3. The molecule has 2 aromatic carbocycles. The highest BCUT2D eigenvalue weighted by molar-refractivity contribution is 9.10.